The van der Waals surface area contributed by atoms with Gasteiger partial charge in [0.1, 0.15) is 0 Å². The number of rotatable bonds is 2. The molecule has 5 heteroatoms. The zero-order valence-electron chi connectivity index (χ0n) is 11.3. The van der Waals surface area contributed by atoms with Crippen molar-refractivity contribution in [2.75, 3.05) is 17.2 Å². The molecule has 21 heavy (non-hydrogen) atoms. The number of alkyl halides is 3. The molecule has 1 aliphatic heterocycles. The molecule has 2 aromatic carbocycles. The minimum absolute atomic E-state index is 0.396. The van der Waals surface area contributed by atoms with Crippen molar-refractivity contribution < 1.29 is 13.2 Å². The van der Waals surface area contributed by atoms with Crippen molar-refractivity contribution in [3.8, 4) is 0 Å². The van der Waals surface area contributed by atoms with Gasteiger partial charge in [0.25, 0.3) is 0 Å². The number of halogens is 3. The highest BCUT2D eigenvalue weighted by atomic mass is 19.4. The lowest BCUT2D eigenvalue weighted by molar-refractivity contribution is -0.137. The second-order valence-corrected chi connectivity index (χ2v) is 5.21. The first-order valence-electron chi connectivity index (χ1n) is 6.73. The number of nitrogens with zero attached hydrogens (tertiary/aromatic N) is 1. The maximum atomic E-state index is 12.8. The molecule has 1 heterocycles. The third-order valence-corrected chi connectivity index (χ3v) is 3.81. The smallest absolute Gasteiger partial charge is 0.398 e. The van der Waals surface area contributed by atoms with Gasteiger partial charge in [-0.25, -0.2) is 0 Å². The number of nitrogen functional groups attached to an aromatic ring is 1. The van der Waals surface area contributed by atoms with Crippen LogP contribution in [0.3, 0.4) is 0 Å². The monoisotopic (exact) mass is 292 g/mol. The van der Waals surface area contributed by atoms with Gasteiger partial charge in [-0.15, -0.1) is 0 Å². The molecule has 2 N–H and O–H groups in total. The molecule has 0 aliphatic carbocycles. The maximum Gasteiger partial charge on any atom is 0.416 e. The molecule has 0 saturated carbocycles. The minimum Gasteiger partial charge on any atom is -0.398 e. The zero-order valence-corrected chi connectivity index (χ0v) is 11.3. The van der Waals surface area contributed by atoms with Crippen LogP contribution in [0.2, 0.25) is 0 Å². The Balaban J connectivity index is 1.89. The van der Waals surface area contributed by atoms with E-state index < -0.39 is 11.7 Å². The summed E-state index contributed by atoms with van der Waals surface area (Å²) in [5.41, 5.74) is 8.40. The first kappa shape index (κ1) is 13.8. The number of para-hydroxylation sites is 1. The Labute approximate surface area is 121 Å². The van der Waals surface area contributed by atoms with E-state index in [0.717, 1.165) is 30.8 Å². The fourth-order valence-electron chi connectivity index (χ4n) is 2.70. The van der Waals surface area contributed by atoms with Crippen LogP contribution < -0.4 is 10.6 Å². The van der Waals surface area contributed by atoms with Gasteiger partial charge in [-0.3, -0.25) is 0 Å². The molecule has 1 aliphatic rings. The normalized spacial score (nSPS) is 14.3. The van der Waals surface area contributed by atoms with Crippen LogP contribution in [0.4, 0.5) is 24.5 Å². The summed E-state index contributed by atoms with van der Waals surface area (Å²) in [6, 6.07) is 11.5. The van der Waals surface area contributed by atoms with E-state index in [1.54, 1.807) is 0 Å². The van der Waals surface area contributed by atoms with E-state index in [1.807, 2.05) is 24.3 Å². The van der Waals surface area contributed by atoms with Crippen molar-refractivity contribution in [3.63, 3.8) is 0 Å². The molecule has 0 fully saturated rings. The summed E-state index contributed by atoms with van der Waals surface area (Å²) in [6.45, 7) is 1.20. The third kappa shape index (κ3) is 2.68. The van der Waals surface area contributed by atoms with Crippen molar-refractivity contribution in [2.24, 2.45) is 0 Å². The van der Waals surface area contributed by atoms with Gasteiger partial charge in [0.2, 0.25) is 0 Å². The summed E-state index contributed by atoms with van der Waals surface area (Å²) in [5, 5.41) is 0. The molecule has 3 rings (SSSR count). The van der Waals surface area contributed by atoms with Crippen molar-refractivity contribution in [1.29, 1.82) is 0 Å². The first-order chi connectivity index (χ1) is 9.95. The van der Waals surface area contributed by atoms with E-state index in [0.29, 0.717) is 17.8 Å². The Morgan fingerprint density at radius 3 is 2.62 bits per heavy atom. The molecule has 2 nitrogen and oxygen atoms in total. The van der Waals surface area contributed by atoms with Crippen LogP contribution in [0.1, 0.15) is 16.7 Å². The molecule has 0 atom stereocenters. The highest BCUT2D eigenvalue weighted by Crippen LogP contribution is 2.33. The second-order valence-electron chi connectivity index (χ2n) is 5.21. The zero-order chi connectivity index (χ0) is 15.0. The van der Waals surface area contributed by atoms with Crippen LogP contribution in [0.15, 0.2) is 42.5 Å². The molecule has 0 amide bonds. The third-order valence-electron chi connectivity index (χ3n) is 3.81. The number of benzene rings is 2. The van der Waals surface area contributed by atoms with Gasteiger partial charge in [-0.2, -0.15) is 13.2 Å². The van der Waals surface area contributed by atoms with Gasteiger partial charge in [0.05, 0.1) is 5.56 Å². The summed E-state index contributed by atoms with van der Waals surface area (Å²) in [7, 11) is 0. The molecule has 0 bridgehead atoms. The molecule has 0 spiro atoms. The fraction of sp³-hybridized carbons (Fsp3) is 0.250. The van der Waals surface area contributed by atoms with E-state index in [9.17, 15) is 13.2 Å². The average molecular weight is 292 g/mol. The second kappa shape index (κ2) is 4.98. The van der Waals surface area contributed by atoms with Gasteiger partial charge < -0.3 is 10.6 Å². The topological polar surface area (TPSA) is 29.3 Å². The van der Waals surface area contributed by atoms with E-state index in [2.05, 4.69) is 4.90 Å². The number of hydrogen-bond acceptors (Lipinski definition) is 2. The molecular formula is C16H15F3N2. The van der Waals surface area contributed by atoms with E-state index in [1.165, 1.54) is 11.6 Å². The Kier molecular flexibility index (Phi) is 3.27. The maximum absolute atomic E-state index is 12.8. The van der Waals surface area contributed by atoms with E-state index in [4.69, 9.17) is 5.73 Å². The highest BCUT2D eigenvalue weighted by Gasteiger charge is 2.31. The molecule has 110 valence electrons. The molecular weight excluding hydrogens is 277 g/mol. The van der Waals surface area contributed by atoms with Crippen molar-refractivity contribution >= 4 is 11.4 Å². The Morgan fingerprint density at radius 2 is 1.86 bits per heavy atom. The molecule has 2 aromatic rings. The number of hydrogen-bond donors (Lipinski definition) is 1. The highest BCUT2D eigenvalue weighted by molar-refractivity contribution is 5.60. The lowest BCUT2D eigenvalue weighted by Crippen LogP contribution is -2.21. The minimum atomic E-state index is -4.34. The largest absolute Gasteiger partial charge is 0.416 e. The SMILES string of the molecule is Nc1ccc(C(F)(F)F)cc1CN1CCc2ccccc21. The predicted octanol–water partition coefficient (Wildman–Crippen LogP) is 3.85. The lowest BCUT2D eigenvalue weighted by Gasteiger charge is -2.21. The summed E-state index contributed by atoms with van der Waals surface area (Å²) in [5.74, 6) is 0. The number of anilines is 2. The van der Waals surface area contributed by atoms with Gasteiger partial charge in [-0.1, -0.05) is 18.2 Å². The van der Waals surface area contributed by atoms with Gasteiger partial charge in [-0.05, 0) is 41.8 Å². The molecule has 0 unspecified atom stereocenters. The first-order valence-corrected chi connectivity index (χ1v) is 6.73. The Morgan fingerprint density at radius 1 is 1.10 bits per heavy atom. The standard InChI is InChI=1S/C16H15F3N2/c17-16(18,19)13-5-6-14(20)12(9-13)10-21-8-7-11-3-1-2-4-15(11)21/h1-6,9H,7-8,10,20H2. The number of fused-ring (bicyclic) bond motifs is 1. The summed E-state index contributed by atoms with van der Waals surface area (Å²) < 4.78 is 38.4. The van der Waals surface area contributed by atoms with E-state index in [-0.39, 0.29) is 0 Å². The molecule has 0 radical (unpaired) electrons. The van der Waals surface area contributed by atoms with Gasteiger partial charge in [0.15, 0.2) is 0 Å². The summed E-state index contributed by atoms with van der Waals surface area (Å²) in [6.07, 6.45) is -3.43. The summed E-state index contributed by atoms with van der Waals surface area (Å²) >= 11 is 0. The van der Waals surface area contributed by atoms with E-state index >= 15 is 0 Å². The lowest BCUT2D eigenvalue weighted by atomic mass is 10.1. The Bertz CT molecular complexity index is 665. The van der Waals surface area contributed by atoms with Crippen LogP contribution in [0.5, 0.6) is 0 Å². The Hall–Kier alpha value is -2.17. The quantitative estimate of drug-likeness (QED) is 0.852. The molecule has 0 aromatic heterocycles. The van der Waals surface area contributed by atoms with Crippen LogP contribution in [-0.4, -0.2) is 6.54 Å². The predicted molar refractivity (Wildman–Crippen MR) is 77.1 cm³/mol. The van der Waals surface area contributed by atoms with Crippen molar-refractivity contribution in [3.05, 3.63) is 59.2 Å². The van der Waals surface area contributed by atoms with Crippen molar-refractivity contribution in [2.45, 2.75) is 19.1 Å². The van der Waals surface area contributed by atoms with Gasteiger partial charge in [0, 0.05) is 24.5 Å². The van der Waals surface area contributed by atoms with Crippen LogP contribution in [0, 0.1) is 0 Å². The van der Waals surface area contributed by atoms with Crippen LogP contribution in [0.25, 0.3) is 0 Å². The van der Waals surface area contributed by atoms with Crippen LogP contribution >= 0.6 is 0 Å². The fourth-order valence-corrected chi connectivity index (χ4v) is 2.70. The number of nitrogens with two attached hydrogens (primary N) is 1. The van der Waals surface area contributed by atoms with Crippen LogP contribution in [-0.2, 0) is 19.1 Å². The average Bonchev–Trinajstić information content (AvgIpc) is 2.83. The summed E-state index contributed by atoms with van der Waals surface area (Å²) in [4.78, 5) is 2.07. The van der Waals surface area contributed by atoms with Crippen molar-refractivity contribution in [1.82, 2.24) is 0 Å². The molecule has 0 saturated heterocycles. The van der Waals surface area contributed by atoms with Gasteiger partial charge >= 0.3 is 6.18 Å².